The van der Waals surface area contributed by atoms with Crippen LogP contribution in [0.15, 0.2) is 12.4 Å². The highest BCUT2D eigenvalue weighted by Crippen LogP contribution is 2.41. The van der Waals surface area contributed by atoms with Crippen LogP contribution in [0.1, 0.15) is 28.1 Å². The first-order valence-corrected chi connectivity index (χ1v) is 7.40. The van der Waals surface area contributed by atoms with Crippen LogP contribution in [0, 0.1) is 6.92 Å². The van der Waals surface area contributed by atoms with Crippen molar-refractivity contribution in [1.29, 1.82) is 0 Å². The van der Waals surface area contributed by atoms with Crippen LogP contribution in [0.4, 0.5) is 0 Å². The topological polar surface area (TPSA) is 70.2 Å². The summed E-state index contributed by atoms with van der Waals surface area (Å²) in [7, 11) is 0. The Labute approximate surface area is 121 Å². The van der Waals surface area contributed by atoms with Crippen LogP contribution in [0.5, 0.6) is 0 Å². The zero-order chi connectivity index (χ0) is 14.0. The third-order valence-electron chi connectivity index (χ3n) is 4.80. The molecule has 3 aromatic heterocycles. The van der Waals surface area contributed by atoms with Gasteiger partial charge in [-0.15, -0.1) is 0 Å². The number of aryl methyl sites for hydroxylation is 4. The summed E-state index contributed by atoms with van der Waals surface area (Å²) in [6, 6.07) is 0. The Morgan fingerprint density at radius 3 is 1.86 bits per heavy atom. The third-order valence-corrected chi connectivity index (χ3v) is 4.80. The first-order valence-electron chi connectivity index (χ1n) is 7.40. The molecule has 2 aliphatic rings. The van der Waals surface area contributed by atoms with Crippen LogP contribution < -0.4 is 0 Å². The van der Waals surface area contributed by atoms with Gasteiger partial charge in [-0.3, -0.25) is 15.2 Å². The summed E-state index contributed by atoms with van der Waals surface area (Å²) < 4.78 is 0. The average molecular weight is 277 g/mol. The molecular weight excluding hydrogens is 262 g/mol. The Morgan fingerprint density at radius 1 is 0.810 bits per heavy atom. The second-order valence-corrected chi connectivity index (χ2v) is 5.92. The lowest BCUT2D eigenvalue weighted by molar-refractivity contribution is 0.833. The minimum absolute atomic E-state index is 1.01. The lowest BCUT2D eigenvalue weighted by Gasteiger charge is -2.24. The Hall–Kier alpha value is -2.43. The Kier molecular flexibility index (Phi) is 2.04. The van der Waals surface area contributed by atoms with Crippen LogP contribution in [-0.2, 0) is 25.7 Å². The number of rotatable bonds is 0. The summed E-state index contributed by atoms with van der Waals surface area (Å²) in [6.07, 6.45) is 7.95. The van der Waals surface area contributed by atoms with E-state index in [2.05, 4.69) is 27.3 Å². The van der Waals surface area contributed by atoms with E-state index in [4.69, 9.17) is 4.98 Å². The first kappa shape index (κ1) is 11.3. The van der Waals surface area contributed by atoms with Crippen LogP contribution in [0.25, 0.3) is 22.5 Å². The van der Waals surface area contributed by atoms with Gasteiger partial charge in [-0.2, -0.15) is 10.2 Å². The molecule has 5 heteroatoms. The molecule has 2 aliphatic carbocycles. The number of hydrogen-bond acceptors (Lipinski definition) is 3. The van der Waals surface area contributed by atoms with E-state index in [0.29, 0.717) is 0 Å². The molecule has 0 radical (unpaired) electrons. The maximum absolute atomic E-state index is 4.98. The number of nitrogens with zero attached hydrogens (tertiary/aromatic N) is 3. The van der Waals surface area contributed by atoms with E-state index in [1.165, 1.54) is 39.2 Å². The van der Waals surface area contributed by atoms with Gasteiger partial charge >= 0.3 is 0 Å². The third kappa shape index (κ3) is 1.38. The van der Waals surface area contributed by atoms with Crippen molar-refractivity contribution in [2.75, 3.05) is 0 Å². The predicted molar refractivity (Wildman–Crippen MR) is 79.0 cm³/mol. The standard InChI is InChI=1S/C16H15N5/c1-8-13-11(4-2-9-6-17-20-15(9)13)19-12-5-3-10-7-18-21-16(10)14(8)12/h6-7H,2-5H2,1H3,(H,17,20)(H,18,21). The smallest absolute Gasteiger partial charge is 0.0703 e. The number of hydrogen-bond donors (Lipinski definition) is 2. The number of H-pyrrole nitrogens is 2. The largest absolute Gasteiger partial charge is 0.277 e. The highest BCUT2D eigenvalue weighted by Gasteiger charge is 2.28. The molecule has 0 bridgehead atoms. The van der Waals surface area contributed by atoms with Gasteiger partial charge in [0.15, 0.2) is 0 Å². The fourth-order valence-electron chi connectivity index (χ4n) is 3.80. The summed E-state index contributed by atoms with van der Waals surface area (Å²) >= 11 is 0. The Balaban J connectivity index is 1.86. The lowest BCUT2D eigenvalue weighted by atomic mass is 9.84. The number of pyridine rings is 1. The Bertz CT molecular complexity index is 802. The van der Waals surface area contributed by atoms with Crippen LogP contribution in [0.3, 0.4) is 0 Å². The maximum Gasteiger partial charge on any atom is 0.0703 e. The van der Waals surface area contributed by atoms with Crippen molar-refractivity contribution in [2.45, 2.75) is 32.6 Å². The van der Waals surface area contributed by atoms with Gasteiger partial charge in [0.25, 0.3) is 0 Å². The second kappa shape index (κ2) is 3.81. The molecule has 104 valence electrons. The van der Waals surface area contributed by atoms with Gasteiger partial charge in [-0.25, -0.2) is 0 Å². The van der Waals surface area contributed by atoms with Gasteiger partial charge in [0, 0.05) is 11.1 Å². The molecule has 0 amide bonds. The van der Waals surface area contributed by atoms with Gasteiger partial charge in [0.2, 0.25) is 0 Å². The van der Waals surface area contributed by atoms with Crippen LogP contribution in [-0.4, -0.2) is 25.4 Å². The summed E-state index contributed by atoms with van der Waals surface area (Å²) in [6.45, 7) is 2.20. The van der Waals surface area contributed by atoms with Crippen molar-refractivity contribution in [3.8, 4) is 22.5 Å². The highest BCUT2D eigenvalue weighted by atomic mass is 15.1. The molecule has 0 atom stereocenters. The van der Waals surface area contributed by atoms with Crippen molar-refractivity contribution in [2.24, 2.45) is 0 Å². The van der Waals surface area contributed by atoms with E-state index in [9.17, 15) is 0 Å². The summed E-state index contributed by atoms with van der Waals surface area (Å²) in [4.78, 5) is 4.98. The average Bonchev–Trinajstić information content (AvgIpc) is 3.14. The highest BCUT2D eigenvalue weighted by molar-refractivity contribution is 5.82. The van der Waals surface area contributed by atoms with Gasteiger partial charge in [-0.05, 0) is 49.3 Å². The number of aromatic amines is 2. The van der Waals surface area contributed by atoms with Gasteiger partial charge in [0.05, 0.1) is 35.2 Å². The van der Waals surface area contributed by atoms with Crippen molar-refractivity contribution in [3.63, 3.8) is 0 Å². The van der Waals surface area contributed by atoms with Gasteiger partial charge in [0.1, 0.15) is 0 Å². The minimum atomic E-state index is 1.01. The molecule has 0 aromatic carbocycles. The molecule has 0 aliphatic heterocycles. The molecule has 0 saturated carbocycles. The zero-order valence-electron chi connectivity index (χ0n) is 11.8. The minimum Gasteiger partial charge on any atom is -0.277 e. The van der Waals surface area contributed by atoms with Crippen molar-refractivity contribution in [1.82, 2.24) is 25.4 Å². The van der Waals surface area contributed by atoms with Gasteiger partial charge < -0.3 is 0 Å². The molecule has 2 N–H and O–H groups in total. The zero-order valence-corrected chi connectivity index (χ0v) is 11.8. The summed E-state index contributed by atoms with van der Waals surface area (Å²) in [5.74, 6) is 0. The number of fused-ring (bicyclic) bond motifs is 6. The van der Waals surface area contributed by atoms with Crippen LogP contribution in [0.2, 0.25) is 0 Å². The normalized spacial score (nSPS) is 15.1. The summed E-state index contributed by atoms with van der Waals surface area (Å²) in [5, 5.41) is 14.8. The summed E-state index contributed by atoms with van der Waals surface area (Å²) in [5.41, 5.74) is 11.1. The molecule has 0 spiro atoms. The van der Waals surface area contributed by atoms with Crippen LogP contribution >= 0.6 is 0 Å². The molecule has 21 heavy (non-hydrogen) atoms. The fourth-order valence-corrected chi connectivity index (χ4v) is 3.80. The number of nitrogens with one attached hydrogen (secondary N) is 2. The molecule has 5 nitrogen and oxygen atoms in total. The monoisotopic (exact) mass is 277 g/mol. The SMILES string of the molecule is Cc1c2c(nc3c1-c1[nH]ncc1CC3)CCc1cn[nH]c1-2. The molecule has 0 saturated heterocycles. The van der Waals surface area contributed by atoms with Crippen molar-refractivity contribution >= 4 is 0 Å². The molecule has 0 unspecified atom stereocenters. The molecule has 5 rings (SSSR count). The van der Waals surface area contributed by atoms with Crippen molar-refractivity contribution < 1.29 is 0 Å². The van der Waals surface area contributed by atoms with Gasteiger partial charge in [-0.1, -0.05) is 0 Å². The number of aromatic nitrogens is 5. The molecular formula is C16H15N5. The quantitative estimate of drug-likeness (QED) is 0.662. The Morgan fingerprint density at radius 2 is 1.33 bits per heavy atom. The second-order valence-electron chi connectivity index (χ2n) is 5.92. The van der Waals surface area contributed by atoms with E-state index in [0.717, 1.165) is 37.1 Å². The van der Waals surface area contributed by atoms with E-state index in [1.54, 1.807) is 0 Å². The molecule has 0 fully saturated rings. The van der Waals surface area contributed by atoms with E-state index in [-0.39, 0.29) is 0 Å². The lowest BCUT2D eigenvalue weighted by Crippen LogP contribution is -2.14. The predicted octanol–water partition coefficient (Wildman–Crippen LogP) is 2.37. The van der Waals surface area contributed by atoms with E-state index in [1.807, 2.05) is 12.4 Å². The molecule has 3 aromatic rings. The maximum atomic E-state index is 4.98. The fraction of sp³-hybridized carbons (Fsp3) is 0.312. The van der Waals surface area contributed by atoms with E-state index < -0.39 is 0 Å². The first-order chi connectivity index (χ1) is 10.3. The van der Waals surface area contributed by atoms with Crippen molar-refractivity contribution in [3.05, 3.63) is 40.5 Å². The van der Waals surface area contributed by atoms with E-state index >= 15 is 0 Å². The molecule has 3 heterocycles.